The molecule has 1 aliphatic heterocycles. The van der Waals surface area contributed by atoms with Crippen molar-refractivity contribution in [3.8, 4) is 5.75 Å². The molecule has 5 nitrogen and oxygen atoms in total. The maximum Gasteiger partial charge on any atom is 0.573 e. The number of urea groups is 1. The summed E-state index contributed by atoms with van der Waals surface area (Å²) in [5.41, 5.74) is 0.244. The Morgan fingerprint density at radius 2 is 2.13 bits per heavy atom. The molecular weight excluding hydrogens is 313 g/mol. The Balaban J connectivity index is 1.94. The normalized spacial score (nSPS) is 18.6. The van der Waals surface area contributed by atoms with Crippen LogP contribution in [0.3, 0.4) is 0 Å². The monoisotopic (exact) mass is 332 g/mol. The van der Waals surface area contributed by atoms with E-state index in [0.717, 1.165) is 12.8 Å². The van der Waals surface area contributed by atoms with Crippen LogP contribution in [0.4, 0.5) is 18.0 Å². The smallest absolute Gasteiger partial charge is 0.405 e. The molecule has 0 bridgehead atoms. The predicted octanol–water partition coefficient (Wildman–Crippen LogP) is 2.50. The number of carbonyl (C=O) groups excluding carboxylic acids is 1. The van der Waals surface area contributed by atoms with Crippen molar-refractivity contribution in [2.45, 2.75) is 25.7 Å². The van der Waals surface area contributed by atoms with Crippen molar-refractivity contribution in [1.29, 1.82) is 0 Å². The first kappa shape index (κ1) is 17.4. The highest BCUT2D eigenvalue weighted by atomic mass is 19.4. The number of rotatable bonds is 4. The Bertz CT molecular complexity index is 537. The summed E-state index contributed by atoms with van der Waals surface area (Å²) >= 11 is 0. The van der Waals surface area contributed by atoms with Gasteiger partial charge in [0.15, 0.2) is 0 Å². The second kappa shape index (κ2) is 7.54. The topological polar surface area (TPSA) is 61.8 Å². The van der Waals surface area contributed by atoms with Gasteiger partial charge in [0.05, 0.1) is 0 Å². The van der Waals surface area contributed by atoms with Crippen LogP contribution in [0, 0.1) is 5.92 Å². The van der Waals surface area contributed by atoms with Crippen molar-refractivity contribution < 1.29 is 27.8 Å². The minimum atomic E-state index is -4.78. The molecule has 1 unspecified atom stereocenters. The summed E-state index contributed by atoms with van der Waals surface area (Å²) in [6, 6.07) is 5.33. The van der Waals surface area contributed by atoms with Crippen molar-refractivity contribution in [3.63, 3.8) is 0 Å². The van der Waals surface area contributed by atoms with Gasteiger partial charge >= 0.3 is 12.4 Å². The lowest BCUT2D eigenvalue weighted by molar-refractivity contribution is -0.274. The van der Waals surface area contributed by atoms with E-state index in [1.807, 2.05) is 0 Å². The summed E-state index contributed by atoms with van der Waals surface area (Å²) in [5.74, 6) is -0.275. The number of nitrogens with one attached hydrogen (secondary N) is 1. The zero-order valence-electron chi connectivity index (χ0n) is 12.5. The molecule has 1 atom stereocenters. The van der Waals surface area contributed by atoms with Gasteiger partial charge in [-0.25, -0.2) is 4.79 Å². The Hall–Kier alpha value is -1.96. The molecule has 0 aliphatic carbocycles. The number of amides is 2. The maximum atomic E-state index is 12.4. The minimum absolute atomic E-state index is 0.0199. The molecule has 2 rings (SSSR count). The number of aliphatic hydroxyl groups excluding tert-OH is 1. The van der Waals surface area contributed by atoms with Crippen molar-refractivity contribution in [1.82, 2.24) is 10.2 Å². The van der Waals surface area contributed by atoms with Gasteiger partial charge in [0.1, 0.15) is 5.75 Å². The number of halogens is 3. The third kappa shape index (κ3) is 5.31. The fraction of sp³-hybridized carbons (Fsp3) is 0.533. The quantitative estimate of drug-likeness (QED) is 0.890. The van der Waals surface area contributed by atoms with Crippen molar-refractivity contribution >= 4 is 6.03 Å². The molecule has 0 aromatic heterocycles. The number of ether oxygens (including phenoxy) is 1. The fourth-order valence-electron chi connectivity index (χ4n) is 2.56. The number of hydrogen-bond donors (Lipinski definition) is 2. The van der Waals surface area contributed by atoms with Gasteiger partial charge in [0.25, 0.3) is 0 Å². The van der Waals surface area contributed by atoms with E-state index in [-0.39, 0.29) is 36.4 Å². The summed E-state index contributed by atoms with van der Waals surface area (Å²) in [5, 5.41) is 11.8. The number of likely N-dealkylation sites (tertiary alicyclic amines) is 1. The van der Waals surface area contributed by atoms with Crippen LogP contribution in [0.2, 0.25) is 0 Å². The van der Waals surface area contributed by atoms with Crippen LogP contribution in [0.25, 0.3) is 0 Å². The molecule has 2 N–H and O–H groups in total. The van der Waals surface area contributed by atoms with Gasteiger partial charge in [-0.15, -0.1) is 13.2 Å². The largest absolute Gasteiger partial charge is 0.573 e. The SMILES string of the molecule is O=C(NCc1ccccc1OC(F)(F)F)N1CCCC(CO)C1. The van der Waals surface area contributed by atoms with Gasteiger partial charge in [0.2, 0.25) is 0 Å². The molecule has 1 heterocycles. The van der Waals surface area contributed by atoms with E-state index in [0.29, 0.717) is 13.1 Å². The summed E-state index contributed by atoms with van der Waals surface area (Å²) in [6.45, 7) is 0.976. The Kier molecular flexibility index (Phi) is 5.70. The van der Waals surface area contributed by atoms with E-state index >= 15 is 0 Å². The number of carbonyl (C=O) groups is 1. The third-order valence-corrected chi connectivity index (χ3v) is 3.69. The second-order valence-corrected chi connectivity index (χ2v) is 5.45. The second-order valence-electron chi connectivity index (χ2n) is 5.45. The van der Waals surface area contributed by atoms with Crippen molar-refractivity contribution in [3.05, 3.63) is 29.8 Å². The summed E-state index contributed by atoms with van der Waals surface area (Å²) in [6.07, 6.45) is -3.11. The first-order valence-electron chi connectivity index (χ1n) is 7.36. The molecular formula is C15H19F3N2O3. The molecule has 1 aromatic carbocycles. The van der Waals surface area contributed by atoms with Gasteiger partial charge < -0.3 is 20.1 Å². The number of aliphatic hydroxyl groups is 1. The number of alkyl halides is 3. The number of nitrogens with zero attached hydrogens (tertiary/aromatic N) is 1. The molecule has 23 heavy (non-hydrogen) atoms. The molecule has 1 fully saturated rings. The summed E-state index contributed by atoms with van der Waals surface area (Å²) < 4.78 is 41.0. The van der Waals surface area contributed by atoms with Crippen LogP contribution in [-0.2, 0) is 6.54 Å². The summed E-state index contributed by atoms with van der Waals surface area (Å²) in [7, 11) is 0. The molecule has 1 aliphatic rings. The fourth-order valence-corrected chi connectivity index (χ4v) is 2.56. The van der Waals surface area contributed by atoms with Gasteiger partial charge in [-0.05, 0) is 24.8 Å². The Morgan fingerprint density at radius 1 is 1.39 bits per heavy atom. The lowest BCUT2D eigenvalue weighted by Gasteiger charge is -2.31. The van der Waals surface area contributed by atoms with E-state index in [2.05, 4.69) is 10.1 Å². The Morgan fingerprint density at radius 3 is 2.83 bits per heavy atom. The molecule has 0 spiro atoms. The maximum absolute atomic E-state index is 12.4. The van der Waals surface area contributed by atoms with E-state index in [9.17, 15) is 18.0 Å². The number of benzene rings is 1. The van der Waals surface area contributed by atoms with Gasteiger partial charge in [-0.1, -0.05) is 18.2 Å². The standard InChI is InChI=1S/C15H19F3N2O3/c16-15(17,18)23-13-6-2-1-5-12(13)8-19-14(22)20-7-3-4-11(9-20)10-21/h1-2,5-6,11,21H,3-4,7-10H2,(H,19,22). The number of hydrogen-bond acceptors (Lipinski definition) is 3. The average Bonchev–Trinajstić information content (AvgIpc) is 2.52. The highest BCUT2D eigenvalue weighted by Gasteiger charge is 2.32. The lowest BCUT2D eigenvalue weighted by atomic mass is 9.99. The predicted molar refractivity (Wildman–Crippen MR) is 76.7 cm³/mol. The molecule has 1 saturated heterocycles. The molecule has 1 aromatic rings. The number of para-hydroxylation sites is 1. The van der Waals surface area contributed by atoms with Crippen molar-refractivity contribution in [2.75, 3.05) is 19.7 Å². The molecule has 0 saturated carbocycles. The zero-order chi connectivity index (χ0) is 16.9. The highest BCUT2D eigenvalue weighted by Crippen LogP contribution is 2.26. The van der Waals surface area contributed by atoms with Gasteiger partial charge in [-0.3, -0.25) is 0 Å². The minimum Gasteiger partial charge on any atom is -0.405 e. The third-order valence-electron chi connectivity index (χ3n) is 3.69. The van der Waals surface area contributed by atoms with Crippen LogP contribution in [0.1, 0.15) is 18.4 Å². The average molecular weight is 332 g/mol. The van der Waals surface area contributed by atoms with Crippen LogP contribution in [0.15, 0.2) is 24.3 Å². The summed E-state index contributed by atoms with van der Waals surface area (Å²) in [4.78, 5) is 13.7. The zero-order valence-corrected chi connectivity index (χ0v) is 12.5. The molecule has 128 valence electrons. The van der Waals surface area contributed by atoms with Crippen LogP contribution >= 0.6 is 0 Å². The van der Waals surface area contributed by atoms with Gasteiger partial charge in [0, 0.05) is 31.8 Å². The van der Waals surface area contributed by atoms with Crippen molar-refractivity contribution in [2.24, 2.45) is 5.92 Å². The van der Waals surface area contributed by atoms with Gasteiger partial charge in [-0.2, -0.15) is 0 Å². The number of piperidine rings is 1. The molecule has 2 amide bonds. The van der Waals surface area contributed by atoms with E-state index < -0.39 is 6.36 Å². The van der Waals surface area contributed by atoms with Crippen LogP contribution in [0.5, 0.6) is 5.75 Å². The lowest BCUT2D eigenvalue weighted by Crippen LogP contribution is -2.46. The first-order chi connectivity index (χ1) is 10.9. The molecule has 8 heteroatoms. The van der Waals surface area contributed by atoms with Crippen LogP contribution < -0.4 is 10.1 Å². The van der Waals surface area contributed by atoms with Crippen LogP contribution in [-0.4, -0.2) is 42.1 Å². The van der Waals surface area contributed by atoms with E-state index in [1.165, 1.54) is 18.2 Å². The first-order valence-corrected chi connectivity index (χ1v) is 7.36. The Labute approximate surface area is 132 Å². The van der Waals surface area contributed by atoms with E-state index in [1.54, 1.807) is 11.0 Å². The highest BCUT2D eigenvalue weighted by molar-refractivity contribution is 5.74. The molecule has 0 radical (unpaired) electrons. The van der Waals surface area contributed by atoms with E-state index in [4.69, 9.17) is 5.11 Å².